The van der Waals surface area contributed by atoms with Crippen LogP contribution in [0.1, 0.15) is 66.3 Å². The second kappa shape index (κ2) is 5.87. The molecule has 1 aliphatic carbocycles. The van der Waals surface area contributed by atoms with Gasteiger partial charge in [0.2, 0.25) is 0 Å². The maximum absolute atomic E-state index is 12.0. The van der Waals surface area contributed by atoms with Gasteiger partial charge in [-0.3, -0.25) is 0 Å². The van der Waals surface area contributed by atoms with E-state index in [0.717, 1.165) is 43.8 Å². The summed E-state index contributed by atoms with van der Waals surface area (Å²) in [7, 11) is 0. The zero-order valence-electron chi connectivity index (χ0n) is 11.8. The van der Waals surface area contributed by atoms with Crippen molar-refractivity contribution in [3.63, 3.8) is 0 Å². The second-order valence-corrected chi connectivity index (χ2v) is 5.44. The van der Waals surface area contributed by atoms with Gasteiger partial charge in [-0.05, 0) is 32.6 Å². The molecule has 1 aliphatic heterocycles. The SMILES string of the molecule is CCOC(=O)c1cnc(C2CCCOC2)nc1C1CC1. The summed E-state index contributed by atoms with van der Waals surface area (Å²) in [6.45, 7) is 3.69. The highest BCUT2D eigenvalue weighted by atomic mass is 16.5. The largest absolute Gasteiger partial charge is 0.462 e. The molecule has 20 heavy (non-hydrogen) atoms. The van der Waals surface area contributed by atoms with Crippen molar-refractivity contribution < 1.29 is 14.3 Å². The molecule has 1 saturated heterocycles. The average Bonchev–Trinajstić information content (AvgIpc) is 3.32. The minimum atomic E-state index is -0.305. The first-order chi connectivity index (χ1) is 9.79. The molecule has 1 atom stereocenters. The normalized spacial score (nSPS) is 22.6. The zero-order chi connectivity index (χ0) is 13.9. The first kappa shape index (κ1) is 13.5. The van der Waals surface area contributed by atoms with Crippen molar-refractivity contribution in [2.24, 2.45) is 0 Å². The van der Waals surface area contributed by atoms with E-state index in [4.69, 9.17) is 9.47 Å². The molecule has 1 saturated carbocycles. The van der Waals surface area contributed by atoms with Crippen molar-refractivity contribution in [1.82, 2.24) is 9.97 Å². The summed E-state index contributed by atoms with van der Waals surface area (Å²) >= 11 is 0. The summed E-state index contributed by atoms with van der Waals surface area (Å²) in [4.78, 5) is 21.0. The molecule has 0 N–H and O–H groups in total. The molecule has 1 unspecified atom stereocenters. The van der Waals surface area contributed by atoms with Crippen molar-refractivity contribution in [2.45, 2.75) is 44.4 Å². The topological polar surface area (TPSA) is 61.3 Å². The molecule has 2 aliphatic rings. The number of aromatic nitrogens is 2. The summed E-state index contributed by atoms with van der Waals surface area (Å²) < 4.78 is 10.6. The van der Waals surface area contributed by atoms with Crippen LogP contribution >= 0.6 is 0 Å². The Bertz CT molecular complexity index is 494. The van der Waals surface area contributed by atoms with Crippen molar-refractivity contribution in [3.05, 3.63) is 23.3 Å². The highest BCUT2D eigenvalue weighted by Gasteiger charge is 2.32. The third-order valence-corrected chi connectivity index (χ3v) is 3.82. The maximum Gasteiger partial charge on any atom is 0.341 e. The lowest BCUT2D eigenvalue weighted by Crippen LogP contribution is -2.20. The molecule has 108 valence electrons. The molecule has 3 rings (SSSR count). The smallest absolute Gasteiger partial charge is 0.341 e. The van der Waals surface area contributed by atoms with Crippen molar-refractivity contribution in [2.75, 3.05) is 19.8 Å². The Balaban J connectivity index is 1.87. The monoisotopic (exact) mass is 276 g/mol. The predicted octanol–water partition coefficient (Wildman–Crippen LogP) is 2.42. The number of nitrogens with zero attached hydrogens (tertiary/aromatic N) is 2. The standard InChI is InChI=1S/C15H20N2O3/c1-2-20-15(18)12-8-16-14(11-4-3-7-19-9-11)17-13(12)10-5-6-10/h8,10-11H,2-7,9H2,1H3. The van der Waals surface area contributed by atoms with Crippen molar-refractivity contribution in [1.29, 1.82) is 0 Å². The quantitative estimate of drug-likeness (QED) is 0.790. The second-order valence-electron chi connectivity index (χ2n) is 5.44. The van der Waals surface area contributed by atoms with Crippen LogP contribution in [0.2, 0.25) is 0 Å². The third-order valence-electron chi connectivity index (χ3n) is 3.82. The molecule has 0 bridgehead atoms. The Morgan fingerprint density at radius 2 is 2.25 bits per heavy atom. The van der Waals surface area contributed by atoms with Crippen molar-refractivity contribution >= 4 is 5.97 Å². The first-order valence-corrected chi connectivity index (χ1v) is 7.41. The summed E-state index contributed by atoms with van der Waals surface area (Å²) in [5.41, 5.74) is 1.41. The highest BCUT2D eigenvalue weighted by molar-refractivity contribution is 5.90. The van der Waals surface area contributed by atoms with E-state index < -0.39 is 0 Å². The Labute approximate surface area is 118 Å². The number of carbonyl (C=O) groups excluding carboxylic acids is 1. The van der Waals surface area contributed by atoms with Gasteiger partial charge in [0.1, 0.15) is 5.82 Å². The van der Waals surface area contributed by atoms with Gasteiger partial charge in [0.25, 0.3) is 0 Å². The maximum atomic E-state index is 12.0. The van der Waals surface area contributed by atoms with E-state index >= 15 is 0 Å². The number of esters is 1. The highest BCUT2D eigenvalue weighted by Crippen LogP contribution is 2.41. The number of rotatable bonds is 4. The number of hydrogen-bond donors (Lipinski definition) is 0. The lowest BCUT2D eigenvalue weighted by molar-refractivity contribution is 0.0523. The van der Waals surface area contributed by atoms with E-state index in [-0.39, 0.29) is 11.9 Å². The van der Waals surface area contributed by atoms with Gasteiger partial charge in [0.15, 0.2) is 0 Å². The van der Waals surface area contributed by atoms with Gasteiger partial charge in [0.05, 0.1) is 24.5 Å². The van der Waals surface area contributed by atoms with Gasteiger partial charge in [-0.1, -0.05) is 0 Å². The van der Waals surface area contributed by atoms with Crippen LogP contribution in [0.3, 0.4) is 0 Å². The minimum Gasteiger partial charge on any atom is -0.462 e. The molecule has 0 aromatic carbocycles. The molecule has 2 heterocycles. The number of carbonyl (C=O) groups is 1. The van der Waals surface area contributed by atoms with Crippen LogP contribution in [-0.4, -0.2) is 35.8 Å². The molecular weight excluding hydrogens is 256 g/mol. The molecule has 5 nitrogen and oxygen atoms in total. The summed E-state index contributed by atoms with van der Waals surface area (Å²) in [5, 5.41) is 0. The Morgan fingerprint density at radius 1 is 1.40 bits per heavy atom. The van der Waals surface area contributed by atoms with E-state index in [1.165, 1.54) is 0 Å². The van der Waals surface area contributed by atoms with Crippen LogP contribution in [0.25, 0.3) is 0 Å². The molecular formula is C15H20N2O3. The molecule has 0 amide bonds. The Kier molecular flexibility index (Phi) is 3.96. The average molecular weight is 276 g/mol. The molecule has 0 spiro atoms. The van der Waals surface area contributed by atoms with Gasteiger partial charge in [-0.15, -0.1) is 0 Å². The fraction of sp³-hybridized carbons (Fsp3) is 0.667. The summed E-state index contributed by atoms with van der Waals surface area (Å²) in [5.74, 6) is 1.18. The van der Waals surface area contributed by atoms with Crippen LogP contribution in [0.5, 0.6) is 0 Å². The summed E-state index contributed by atoms with van der Waals surface area (Å²) in [6.07, 6.45) is 5.95. The minimum absolute atomic E-state index is 0.262. The Morgan fingerprint density at radius 3 is 2.90 bits per heavy atom. The summed E-state index contributed by atoms with van der Waals surface area (Å²) in [6, 6.07) is 0. The van der Waals surface area contributed by atoms with Gasteiger partial charge in [-0.2, -0.15) is 0 Å². The first-order valence-electron chi connectivity index (χ1n) is 7.41. The number of hydrogen-bond acceptors (Lipinski definition) is 5. The van der Waals surface area contributed by atoms with Crippen LogP contribution < -0.4 is 0 Å². The molecule has 1 aromatic rings. The van der Waals surface area contributed by atoms with Gasteiger partial charge in [-0.25, -0.2) is 14.8 Å². The van der Waals surface area contributed by atoms with E-state index in [2.05, 4.69) is 9.97 Å². The van der Waals surface area contributed by atoms with Gasteiger partial charge in [0, 0.05) is 24.6 Å². The lowest BCUT2D eigenvalue weighted by Gasteiger charge is -2.21. The molecule has 2 fully saturated rings. The van der Waals surface area contributed by atoms with E-state index in [1.807, 2.05) is 6.92 Å². The van der Waals surface area contributed by atoms with Gasteiger partial charge >= 0.3 is 5.97 Å². The zero-order valence-corrected chi connectivity index (χ0v) is 11.8. The number of ether oxygens (including phenoxy) is 2. The van der Waals surface area contributed by atoms with Crippen LogP contribution in [0, 0.1) is 0 Å². The van der Waals surface area contributed by atoms with E-state index in [0.29, 0.717) is 24.7 Å². The van der Waals surface area contributed by atoms with Gasteiger partial charge < -0.3 is 9.47 Å². The molecule has 5 heteroatoms. The van der Waals surface area contributed by atoms with Crippen LogP contribution in [0.4, 0.5) is 0 Å². The fourth-order valence-electron chi connectivity index (χ4n) is 2.58. The van der Waals surface area contributed by atoms with E-state index in [1.54, 1.807) is 6.20 Å². The molecule has 1 aromatic heterocycles. The Hall–Kier alpha value is -1.49. The van der Waals surface area contributed by atoms with Crippen LogP contribution in [0.15, 0.2) is 6.20 Å². The lowest BCUT2D eigenvalue weighted by atomic mass is 10.0. The van der Waals surface area contributed by atoms with E-state index in [9.17, 15) is 4.79 Å². The van der Waals surface area contributed by atoms with Crippen molar-refractivity contribution in [3.8, 4) is 0 Å². The fourth-order valence-corrected chi connectivity index (χ4v) is 2.58. The molecule has 0 radical (unpaired) electrons. The third kappa shape index (κ3) is 2.82. The predicted molar refractivity (Wildman–Crippen MR) is 72.8 cm³/mol. The van der Waals surface area contributed by atoms with Crippen LogP contribution in [-0.2, 0) is 9.47 Å².